The lowest BCUT2D eigenvalue weighted by molar-refractivity contribution is -0.142. The zero-order chi connectivity index (χ0) is 14.4. The number of carbonyl (C=O) groups is 1. The average molecular weight is 284 g/mol. The van der Waals surface area contributed by atoms with Crippen LogP contribution in [0, 0.1) is 11.8 Å². The summed E-state index contributed by atoms with van der Waals surface area (Å²) in [6, 6.07) is 0. The number of carbonyl (C=O) groups excluding carboxylic acids is 1. The Morgan fingerprint density at radius 3 is 3.10 bits per heavy atom. The topological polar surface area (TPSA) is 50.8 Å². The second-order valence-corrected chi connectivity index (χ2v) is 6.08. The third kappa shape index (κ3) is 4.43. The Labute approximate surface area is 122 Å². The van der Waals surface area contributed by atoms with E-state index in [-0.39, 0.29) is 12.0 Å². The molecule has 3 atom stereocenters. The Balaban J connectivity index is 1.78. The maximum atomic E-state index is 12.4. The minimum atomic E-state index is 0.0318. The number of rotatable bonds is 5. The zero-order valence-corrected chi connectivity index (χ0v) is 12.8. The van der Waals surface area contributed by atoms with Crippen molar-refractivity contribution in [2.24, 2.45) is 11.8 Å². The third-order valence-corrected chi connectivity index (χ3v) is 4.48. The molecule has 0 aliphatic carbocycles. The van der Waals surface area contributed by atoms with E-state index in [2.05, 4.69) is 12.2 Å². The van der Waals surface area contributed by atoms with E-state index in [4.69, 9.17) is 9.47 Å². The summed E-state index contributed by atoms with van der Waals surface area (Å²) in [5.41, 5.74) is 0. The van der Waals surface area contributed by atoms with Gasteiger partial charge in [-0.2, -0.15) is 0 Å². The predicted molar refractivity (Wildman–Crippen MR) is 77.6 cm³/mol. The van der Waals surface area contributed by atoms with E-state index in [1.54, 1.807) is 7.11 Å². The third-order valence-electron chi connectivity index (χ3n) is 4.48. The molecule has 5 nitrogen and oxygen atoms in total. The summed E-state index contributed by atoms with van der Waals surface area (Å²) in [4.78, 5) is 14.4. The van der Waals surface area contributed by atoms with Crippen LogP contribution in [0.15, 0.2) is 0 Å². The van der Waals surface area contributed by atoms with Gasteiger partial charge in [0, 0.05) is 26.6 Å². The molecule has 1 amide bonds. The predicted octanol–water partition coefficient (Wildman–Crippen LogP) is 0.886. The van der Waals surface area contributed by atoms with Gasteiger partial charge in [0.15, 0.2) is 0 Å². The second kappa shape index (κ2) is 7.96. The first-order valence-corrected chi connectivity index (χ1v) is 7.79. The lowest BCUT2D eigenvalue weighted by Crippen LogP contribution is -2.47. The highest BCUT2D eigenvalue weighted by Crippen LogP contribution is 2.23. The molecule has 2 heterocycles. The molecule has 2 aliphatic heterocycles. The Kier molecular flexibility index (Phi) is 6.26. The highest BCUT2D eigenvalue weighted by atomic mass is 16.5. The number of methoxy groups -OCH3 is 1. The SMILES string of the molecule is COCC1CN(C(=O)CC(C)C2CCCNC2)CCO1. The van der Waals surface area contributed by atoms with Gasteiger partial charge in [-0.15, -0.1) is 0 Å². The van der Waals surface area contributed by atoms with E-state index in [1.807, 2.05) is 4.90 Å². The molecule has 0 radical (unpaired) electrons. The normalized spacial score (nSPS) is 29.2. The highest BCUT2D eigenvalue weighted by molar-refractivity contribution is 5.76. The molecule has 2 fully saturated rings. The molecule has 0 aromatic carbocycles. The van der Waals surface area contributed by atoms with Crippen LogP contribution in [0.3, 0.4) is 0 Å². The molecule has 5 heteroatoms. The molecule has 2 aliphatic rings. The summed E-state index contributed by atoms with van der Waals surface area (Å²) >= 11 is 0. The standard InChI is InChI=1S/C15H28N2O3/c1-12(13-4-3-5-16-9-13)8-15(18)17-6-7-20-14(10-17)11-19-2/h12-14,16H,3-11H2,1-2H3. The van der Waals surface area contributed by atoms with Crippen molar-refractivity contribution in [1.29, 1.82) is 0 Å². The minimum Gasteiger partial charge on any atom is -0.382 e. The maximum Gasteiger partial charge on any atom is 0.223 e. The van der Waals surface area contributed by atoms with Crippen molar-refractivity contribution in [2.45, 2.75) is 32.3 Å². The monoisotopic (exact) mass is 284 g/mol. The first kappa shape index (κ1) is 15.7. The molecular weight excluding hydrogens is 256 g/mol. The van der Waals surface area contributed by atoms with E-state index in [9.17, 15) is 4.79 Å². The molecule has 0 aromatic rings. The van der Waals surface area contributed by atoms with Crippen molar-refractivity contribution in [3.05, 3.63) is 0 Å². The molecule has 0 aromatic heterocycles. The van der Waals surface area contributed by atoms with Gasteiger partial charge in [-0.25, -0.2) is 0 Å². The van der Waals surface area contributed by atoms with Crippen LogP contribution in [-0.2, 0) is 14.3 Å². The van der Waals surface area contributed by atoms with Crippen molar-refractivity contribution in [3.63, 3.8) is 0 Å². The number of piperidine rings is 1. The first-order valence-electron chi connectivity index (χ1n) is 7.79. The lowest BCUT2D eigenvalue weighted by Gasteiger charge is -2.34. The summed E-state index contributed by atoms with van der Waals surface area (Å²) in [6.07, 6.45) is 3.17. The van der Waals surface area contributed by atoms with Crippen LogP contribution in [0.5, 0.6) is 0 Å². The van der Waals surface area contributed by atoms with Gasteiger partial charge in [0.05, 0.1) is 19.3 Å². The van der Waals surface area contributed by atoms with Crippen LogP contribution in [0.25, 0.3) is 0 Å². The molecule has 1 N–H and O–H groups in total. The van der Waals surface area contributed by atoms with E-state index < -0.39 is 0 Å². The molecule has 0 saturated carbocycles. The van der Waals surface area contributed by atoms with Crippen LogP contribution in [0.1, 0.15) is 26.2 Å². The summed E-state index contributed by atoms with van der Waals surface area (Å²) in [5.74, 6) is 1.37. The van der Waals surface area contributed by atoms with Crippen LogP contribution in [0.4, 0.5) is 0 Å². The summed E-state index contributed by atoms with van der Waals surface area (Å²) in [5, 5.41) is 3.43. The number of hydrogen-bond donors (Lipinski definition) is 1. The fourth-order valence-electron chi connectivity index (χ4n) is 3.17. The Hall–Kier alpha value is -0.650. The fourth-order valence-corrected chi connectivity index (χ4v) is 3.17. The number of morpholine rings is 1. The van der Waals surface area contributed by atoms with Gasteiger partial charge in [-0.1, -0.05) is 6.92 Å². The number of nitrogens with one attached hydrogen (secondary N) is 1. The van der Waals surface area contributed by atoms with Crippen LogP contribution in [0.2, 0.25) is 0 Å². The lowest BCUT2D eigenvalue weighted by atomic mass is 9.85. The van der Waals surface area contributed by atoms with Crippen LogP contribution in [-0.4, -0.2) is 63.4 Å². The highest BCUT2D eigenvalue weighted by Gasteiger charge is 2.27. The number of ether oxygens (including phenoxy) is 2. The van der Waals surface area contributed by atoms with Gasteiger partial charge >= 0.3 is 0 Å². The maximum absolute atomic E-state index is 12.4. The minimum absolute atomic E-state index is 0.0318. The largest absolute Gasteiger partial charge is 0.382 e. The average Bonchev–Trinajstić information content (AvgIpc) is 2.48. The first-order chi connectivity index (χ1) is 9.70. The van der Waals surface area contributed by atoms with Gasteiger partial charge in [0.1, 0.15) is 0 Å². The number of nitrogens with zero attached hydrogens (tertiary/aromatic N) is 1. The van der Waals surface area contributed by atoms with Crippen molar-refractivity contribution in [3.8, 4) is 0 Å². The molecular formula is C15H28N2O3. The molecule has 0 bridgehead atoms. The Morgan fingerprint density at radius 1 is 1.55 bits per heavy atom. The molecule has 116 valence electrons. The fraction of sp³-hybridized carbons (Fsp3) is 0.933. The van der Waals surface area contributed by atoms with E-state index in [1.165, 1.54) is 12.8 Å². The van der Waals surface area contributed by atoms with E-state index in [0.717, 1.165) is 13.1 Å². The van der Waals surface area contributed by atoms with E-state index in [0.29, 0.717) is 44.6 Å². The summed E-state index contributed by atoms with van der Waals surface area (Å²) < 4.78 is 10.7. The van der Waals surface area contributed by atoms with Gasteiger partial charge in [0.2, 0.25) is 5.91 Å². The molecule has 0 spiro atoms. The second-order valence-electron chi connectivity index (χ2n) is 6.08. The van der Waals surface area contributed by atoms with Crippen molar-refractivity contribution in [1.82, 2.24) is 10.2 Å². The molecule has 3 unspecified atom stereocenters. The van der Waals surface area contributed by atoms with Crippen LogP contribution < -0.4 is 5.32 Å². The Bertz CT molecular complexity index is 303. The van der Waals surface area contributed by atoms with Gasteiger partial charge in [-0.05, 0) is 37.8 Å². The summed E-state index contributed by atoms with van der Waals surface area (Å²) in [6.45, 7) is 6.97. The van der Waals surface area contributed by atoms with Crippen molar-refractivity contribution < 1.29 is 14.3 Å². The Morgan fingerprint density at radius 2 is 2.40 bits per heavy atom. The number of hydrogen-bond acceptors (Lipinski definition) is 4. The summed E-state index contributed by atoms with van der Waals surface area (Å²) in [7, 11) is 1.67. The number of amides is 1. The molecule has 2 saturated heterocycles. The molecule has 2 rings (SSSR count). The van der Waals surface area contributed by atoms with Gasteiger partial charge in [-0.3, -0.25) is 4.79 Å². The smallest absolute Gasteiger partial charge is 0.223 e. The molecule has 20 heavy (non-hydrogen) atoms. The van der Waals surface area contributed by atoms with Crippen molar-refractivity contribution >= 4 is 5.91 Å². The van der Waals surface area contributed by atoms with Crippen molar-refractivity contribution in [2.75, 3.05) is 46.5 Å². The van der Waals surface area contributed by atoms with Gasteiger partial charge in [0.25, 0.3) is 0 Å². The van der Waals surface area contributed by atoms with Gasteiger partial charge < -0.3 is 19.7 Å². The zero-order valence-electron chi connectivity index (χ0n) is 12.8. The quantitative estimate of drug-likeness (QED) is 0.814. The van der Waals surface area contributed by atoms with Crippen LogP contribution >= 0.6 is 0 Å². The van der Waals surface area contributed by atoms with E-state index >= 15 is 0 Å².